The molecule has 86 valence electrons. The zero-order valence-corrected chi connectivity index (χ0v) is 9.21. The summed E-state index contributed by atoms with van der Waals surface area (Å²) < 4.78 is 17.7. The summed E-state index contributed by atoms with van der Waals surface area (Å²) in [5, 5.41) is 4.43. The summed E-state index contributed by atoms with van der Waals surface area (Å²) in [6, 6.07) is 1.12. The largest absolute Gasteiger partial charge is 0.461 e. The molecule has 5 nitrogen and oxygen atoms in total. The Kier molecular flexibility index (Phi) is 4.12. The molecule has 0 bridgehead atoms. The molecule has 0 aliphatic rings. The number of carbonyl (C=O) groups excluding carboxylic acids is 2. The second kappa shape index (κ2) is 5.36. The smallest absolute Gasteiger partial charge is 0.362 e. The van der Waals surface area contributed by atoms with Gasteiger partial charge in [-0.2, -0.15) is 5.10 Å². The second-order valence-corrected chi connectivity index (χ2v) is 3.54. The van der Waals surface area contributed by atoms with E-state index in [0.29, 0.717) is 0 Å². The molecule has 0 amide bonds. The first-order chi connectivity index (χ1) is 7.61. The maximum absolute atomic E-state index is 13.1. The van der Waals surface area contributed by atoms with Gasteiger partial charge >= 0.3 is 5.97 Å². The van der Waals surface area contributed by atoms with Gasteiger partial charge in [0.25, 0.3) is 0 Å². The molecule has 0 aliphatic carbocycles. The van der Waals surface area contributed by atoms with Crippen LogP contribution < -0.4 is 5.84 Å². The van der Waals surface area contributed by atoms with Crippen molar-refractivity contribution in [3.63, 3.8) is 0 Å². The van der Waals surface area contributed by atoms with Crippen LogP contribution in [0.4, 0.5) is 4.39 Å². The highest BCUT2D eigenvalue weighted by Gasteiger charge is 2.26. The molecule has 0 spiro atoms. The molecule has 0 aliphatic heterocycles. The van der Waals surface area contributed by atoms with Gasteiger partial charge < -0.3 is 10.6 Å². The number of nitrogens with zero attached hydrogens (tertiary/aromatic N) is 1. The predicted molar refractivity (Wildman–Crippen MR) is 56.9 cm³/mol. The van der Waals surface area contributed by atoms with E-state index >= 15 is 0 Å². The lowest BCUT2D eigenvalue weighted by molar-refractivity contribution is -0.134. The minimum Gasteiger partial charge on any atom is -0.461 e. The van der Waals surface area contributed by atoms with Crippen molar-refractivity contribution in [2.75, 3.05) is 6.61 Å². The van der Waals surface area contributed by atoms with Gasteiger partial charge in [-0.3, -0.25) is 4.79 Å². The molecule has 7 heteroatoms. The number of ketones is 1. The highest BCUT2D eigenvalue weighted by atomic mass is 32.1. The first-order valence-corrected chi connectivity index (χ1v) is 5.22. The summed E-state index contributed by atoms with van der Waals surface area (Å²) in [4.78, 5) is 22.7. The summed E-state index contributed by atoms with van der Waals surface area (Å²) in [6.07, 6.45) is 0. The van der Waals surface area contributed by atoms with Gasteiger partial charge in [0.15, 0.2) is 0 Å². The number of esters is 1. The van der Waals surface area contributed by atoms with Crippen molar-refractivity contribution < 1.29 is 18.7 Å². The Morgan fingerprint density at radius 3 is 2.75 bits per heavy atom. The van der Waals surface area contributed by atoms with Gasteiger partial charge in [0, 0.05) is 0 Å². The number of nitrogens with two attached hydrogens (primary N) is 1. The Labute approximate surface area is 94.7 Å². The molecule has 0 unspecified atom stereocenters. The van der Waals surface area contributed by atoms with Crippen LogP contribution in [-0.2, 0) is 9.53 Å². The summed E-state index contributed by atoms with van der Waals surface area (Å²) >= 11 is 0.868. The third-order valence-corrected chi connectivity index (χ3v) is 2.52. The Bertz CT molecular complexity index is 442. The topological polar surface area (TPSA) is 81.8 Å². The summed E-state index contributed by atoms with van der Waals surface area (Å²) in [5.74, 6) is 2.38. The Morgan fingerprint density at radius 2 is 2.31 bits per heavy atom. The lowest BCUT2D eigenvalue weighted by Gasteiger charge is -2.02. The minimum atomic E-state index is -0.956. The molecule has 1 rings (SSSR count). The number of carbonyl (C=O) groups is 2. The van der Waals surface area contributed by atoms with Crippen molar-refractivity contribution in [3.8, 4) is 0 Å². The zero-order valence-electron chi connectivity index (χ0n) is 8.40. The molecule has 0 radical (unpaired) electrons. The van der Waals surface area contributed by atoms with Crippen molar-refractivity contribution >= 4 is 28.8 Å². The molecule has 0 aromatic carbocycles. The number of rotatable bonds is 4. The fourth-order valence-electron chi connectivity index (χ4n) is 0.967. The van der Waals surface area contributed by atoms with Gasteiger partial charge in [-0.05, 0) is 18.4 Å². The number of ether oxygens (including phenoxy) is 1. The van der Waals surface area contributed by atoms with E-state index in [0.717, 1.165) is 17.4 Å². The second-order valence-electron chi connectivity index (χ2n) is 2.62. The molecule has 0 saturated heterocycles. The molecule has 0 atom stereocenters. The monoisotopic (exact) mass is 244 g/mol. The predicted octanol–water partition coefficient (Wildman–Crippen LogP) is 0.948. The number of Topliss-reactive ketones (excluding diaryl/α,β-unsaturated/α-hetero) is 1. The number of halogens is 1. The quantitative estimate of drug-likeness (QED) is 0.213. The highest BCUT2D eigenvalue weighted by molar-refractivity contribution is 7.13. The fraction of sp³-hybridized carbons (Fsp3) is 0.222. The van der Waals surface area contributed by atoms with Crippen molar-refractivity contribution in [2.45, 2.75) is 6.92 Å². The summed E-state index contributed by atoms with van der Waals surface area (Å²) in [5.41, 5.74) is -0.608. The van der Waals surface area contributed by atoms with Gasteiger partial charge in [-0.1, -0.05) is 0 Å². The van der Waals surface area contributed by atoms with E-state index in [4.69, 9.17) is 5.84 Å². The normalized spacial score (nSPS) is 11.2. The van der Waals surface area contributed by atoms with Crippen LogP contribution in [0, 0.1) is 5.82 Å². The number of hydrogen-bond acceptors (Lipinski definition) is 6. The lowest BCUT2D eigenvalue weighted by atomic mass is 10.2. The molecule has 2 N–H and O–H groups in total. The average Bonchev–Trinajstić information content (AvgIpc) is 2.65. The Morgan fingerprint density at radius 1 is 1.62 bits per heavy atom. The van der Waals surface area contributed by atoms with Gasteiger partial charge in [-0.25, -0.2) is 9.18 Å². The SMILES string of the molecule is CCOC(=O)/C(=N\N)C(=O)c1sccc1F. The third-order valence-electron chi connectivity index (χ3n) is 1.64. The number of hydrazone groups is 1. The van der Waals surface area contributed by atoms with E-state index in [9.17, 15) is 14.0 Å². The zero-order chi connectivity index (χ0) is 12.1. The standard InChI is InChI=1S/C9H9FN2O3S/c1-2-15-9(14)6(12-11)7(13)8-5(10)3-4-16-8/h3-4H,2,11H2,1H3/b12-6-. The molecule has 0 saturated carbocycles. The van der Waals surface area contributed by atoms with Crippen LogP contribution in [0.2, 0.25) is 0 Å². The first kappa shape index (κ1) is 12.3. The Hall–Kier alpha value is -1.76. The molecule has 1 heterocycles. The lowest BCUT2D eigenvalue weighted by Crippen LogP contribution is -2.27. The van der Waals surface area contributed by atoms with E-state index in [1.807, 2.05) is 0 Å². The van der Waals surface area contributed by atoms with Gasteiger partial charge in [0.1, 0.15) is 10.7 Å². The fourth-order valence-corrected chi connectivity index (χ4v) is 1.67. The van der Waals surface area contributed by atoms with Crippen LogP contribution in [0.1, 0.15) is 16.6 Å². The molecule has 1 aromatic heterocycles. The van der Waals surface area contributed by atoms with Crippen LogP contribution in [0.15, 0.2) is 16.5 Å². The molecule has 1 aromatic rings. The van der Waals surface area contributed by atoms with E-state index in [1.54, 1.807) is 6.92 Å². The van der Waals surface area contributed by atoms with Crippen molar-refractivity contribution in [1.29, 1.82) is 0 Å². The van der Waals surface area contributed by atoms with E-state index < -0.39 is 23.3 Å². The number of thiophene rings is 1. The minimum absolute atomic E-state index is 0.0814. The van der Waals surface area contributed by atoms with Crippen LogP contribution in [-0.4, -0.2) is 24.1 Å². The maximum atomic E-state index is 13.1. The average molecular weight is 244 g/mol. The van der Waals surface area contributed by atoms with Gasteiger partial charge in [0.2, 0.25) is 11.5 Å². The summed E-state index contributed by atoms with van der Waals surface area (Å²) in [7, 11) is 0. The van der Waals surface area contributed by atoms with Crippen LogP contribution in [0.3, 0.4) is 0 Å². The van der Waals surface area contributed by atoms with Gasteiger partial charge in [-0.15, -0.1) is 11.3 Å². The van der Waals surface area contributed by atoms with Crippen molar-refractivity contribution in [2.24, 2.45) is 10.9 Å². The molecular formula is C9H9FN2O3S. The van der Waals surface area contributed by atoms with Gasteiger partial charge in [0.05, 0.1) is 6.61 Å². The highest BCUT2D eigenvalue weighted by Crippen LogP contribution is 2.16. The van der Waals surface area contributed by atoms with Crippen molar-refractivity contribution in [3.05, 3.63) is 22.1 Å². The van der Waals surface area contributed by atoms with E-state index in [2.05, 4.69) is 9.84 Å². The van der Waals surface area contributed by atoms with Crippen LogP contribution in [0.25, 0.3) is 0 Å². The molecule has 16 heavy (non-hydrogen) atoms. The van der Waals surface area contributed by atoms with E-state index in [-0.39, 0.29) is 11.5 Å². The molecule has 0 fully saturated rings. The van der Waals surface area contributed by atoms with Crippen LogP contribution >= 0.6 is 11.3 Å². The maximum Gasteiger partial charge on any atom is 0.362 e. The van der Waals surface area contributed by atoms with Crippen LogP contribution in [0.5, 0.6) is 0 Å². The first-order valence-electron chi connectivity index (χ1n) is 4.34. The van der Waals surface area contributed by atoms with Crippen molar-refractivity contribution in [1.82, 2.24) is 0 Å². The van der Waals surface area contributed by atoms with E-state index in [1.165, 1.54) is 5.38 Å². The summed E-state index contributed by atoms with van der Waals surface area (Å²) in [6.45, 7) is 1.65. The molecular weight excluding hydrogens is 235 g/mol. The number of hydrogen-bond donors (Lipinski definition) is 1. The third kappa shape index (κ3) is 2.43. The Balaban J connectivity index is 2.96.